The number of ether oxygens (including phenoxy) is 1. The molecule has 0 spiro atoms. The van der Waals surface area contributed by atoms with Gasteiger partial charge in [-0.25, -0.2) is 9.50 Å². The molecule has 0 unspecified atom stereocenters. The van der Waals surface area contributed by atoms with Crippen molar-refractivity contribution in [3.05, 3.63) is 67.0 Å². The van der Waals surface area contributed by atoms with E-state index in [1.54, 1.807) is 6.20 Å². The number of fused-ring (bicyclic) bond motifs is 1. The number of nitrogens with zero attached hydrogens (tertiary/aromatic N) is 3. The maximum atomic E-state index is 5.60. The third kappa shape index (κ3) is 5.15. The van der Waals surface area contributed by atoms with Gasteiger partial charge in [-0.1, -0.05) is 49.6 Å². The summed E-state index contributed by atoms with van der Waals surface area (Å²) in [7, 11) is 0. The van der Waals surface area contributed by atoms with Crippen molar-refractivity contribution in [3.63, 3.8) is 0 Å². The van der Waals surface area contributed by atoms with E-state index < -0.39 is 0 Å². The van der Waals surface area contributed by atoms with Gasteiger partial charge in [-0.3, -0.25) is 0 Å². The zero-order chi connectivity index (χ0) is 23.8. The normalized spacial score (nSPS) is 13.6. The number of benzene rings is 2. The molecular formula is C28H31N5O. The lowest BCUT2D eigenvalue weighted by atomic mass is 9.95. The van der Waals surface area contributed by atoms with Gasteiger partial charge < -0.3 is 15.4 Å². The number of aromatic nitrogens is 3. The molecule has 0 radical (unpaired) electrons. The van der Waals surface area contributed by atoms with Gasteiger partial charge in [-0.2, -0.15) is 0 Å². The van der Waals surface area contributed by atoms with Gasteiger partial charge in [0.25, 0.3) is 0 Å². The van der Waals surface area contributed by atoms with Crippen molar-refractivity contribution >= 4 is 22.8 Å². The molecule has 1 aliphatic carbocycles. The van der Waals surface area contributed by atoms with Crippen LogP contribution in [0.5, 0.6) is 5.75 Å². The van der Waals surface area contributed by atoms with Crippen LogP contribution in [0.4, 0.5) is 17.2 Å². The molecule has 1 aliphatic rings. The summed E-state index contributed by atoms with van der Waals surface area (Å²) >= 11 is 0. The number of anilines is 3. The fourth-order valence-electron chi connectivity index (χ4n) is 4.44. The quantitative estimate of drug-likeness (QED) is 0.311. The predicted molar refractivity (Wildman–Crippen MR) is 140 cm³/mol. The van der Waals surface area contributed by atoms with Crippen LogP contribution in [0, 0.1) is 12.8 Å². The second kappa shape index (κ2) is 11.2. The van der Waals surface area contributed by atoms with E-state index in [0.29, 0.717) is 12.6 Å². The molecule has 2 aromatic heterocycles. The number of rotatable bonds is 7. The maximum absolute atomic E-state index is 5.60. The van der Waals surface area contributed by atoms with Gasteiger partial charge in [-0.05, 0) is 49.6 Å². The fourth-order valence-corrected chi connectivity index (χ4v) is 4.44. The van der Waals surface area contributed by atoms with Crippen LogP contribution in [0.3, 0.4) is 0 Å². The molecule has 1 fully saturated rings. The highest BCUT2D eigenvalue weighted by Gasteiger charge is 2.22. The highest BCUT2D eigenvalue weighted by atomic mass is 16.5. The summed E-state index contributed by atoms with van der Waals surface area (Å²) in [5, 5.41) is 12.3. The average molecular weight is 454 g/mol. The Morgan fingerprint density at radius 2 is 1.74 bits per heavy atom. The molecule has 6 heteroatoms. The summed E-state index contributed by atoms with van der Waals surface area (Å²) < 4.78 is 7.46. The van der Waals surface area contributed by atoms with Gasteiger partial charge in [0, 0.05) is 24.1 Å². The molecule has 5 rings (SSSR count). The topological polar surface area (TPSA) is 63.5 Å². The van der Waals surface area contributed by atoms with Crippen molar-refractivity contribution in [3.8, 4) is 29.7 Å². The third-order valence-electron chi connectivity index (χ3n) is 5.98. The Hall–Kier alpha value is -3.98. The average Bonchev–Trinajstić information content (AvgIpc) is 3.36. The Bertz CT molecular complexity index is 1210. The van der Waals surface area contributed by atoms with Crippen molar-refractivity contribution < 1.29 is 4.74 Å². The molecular weight excluding hydrogens is 422 g/mol. The Morgan fingerprint density at radius 1 is 1.00 bits per heavy atom. The number of hydrogen-bond donors (Lipinski definition) is 2. The standard InChI is InChI=1S/C26H29N5O.C2H2/c1-2-32-22-15-13-21(14-16-22)28-24-23(19-9-5-3-6-10-19)25(29-20-11-7-4-8-12-20)30-31-18-17-27-26(24)31;1-2/h3,5-6,9-10,13-18,20,28H,2,4,7-8,11-12H2,1H3,(H,29,30);1-2H. The van der Waals surface area contributed by atoms with Gasteiger partial charge in [0.1, 0.15) is 5.75 Å². The van der Waals surface area contributed by atoms with Crippen LogP contribution in [-0.2, 0) is 0 Å². The monoisotopic (exact) mass is 453 g/mol. The maximum Gasteiger partial charge on any atom is 0.178 e. The molecule has 174 valence electrons. The molecule has 34 heavy (non-hydrogen) atoms. The van der Waals surface area contributed by atoms with Crippen molar-refractivity contribution in [1.29, 1.82) is 0 Å². The van der Waals surface area contributed by atoms with E-state index in [0.717, 1.165) is 39.7 Å². The largest absolute Gasteiger partial charge is 0.494 e. The van der Waals surface area contributed by atoms with Crippen LogP contribution < -0.4 is 15.4 Å². The van der Waals surface area contributed by atoms with Gasteiger partial charge in [0.15, 0.2) is 11.5 Å². The number of nitrogens with one attached hydrogen (secondary N) is 2. The smallest absolute Gasteiger partial charge is 0.178 e. The summed E-state index contributed by atoms with van der Waals surface area (Å²) in [5.41, 5.74) is 4.87. The Morgan fingerprint density at radius 3 is 2.44 bits per heavy atom. The van der Waals surface area contributed by atoms with E-state index in [1.807, 2.05) is 48.0 Å². The molecule has 2 aromatic carbocycles. The predicted octanol–water partition coefficient (Wildman–Crippen LogP) is 6.53. The van der Waals surface area contributed by atoms with Crippen molar-refractivity contribution in [2.45, 2.75) is 45.1 Å². The van der Waals surface area contributed by atoms with Crippen LogP contribution in [0.25, 0.3) is 16.8 Å². The first kappa shape index (κ1) is 23.2. The van der Waals surface area contributed by atoms with E-state index >= 15 is 0 Å². The molecule has 6 nitrogen and oxygen atoms in total. The fraction of sp³-hybridized carbons (Fsp3) is 0.286. The van der Waals surface area contributed by atoms with Gasteiger partial charge in [0.2, 0.25) is 0 Å². The van der Waals surface area contributed by atoms with Crippen LogP contribution in [0.1, 0.15) is 39.0 Å². The summed E-state index contributed by atoms with van der Waals surface area (Å²) in [6.07, 6.45) is 17.9. The summed E-state index contributed by atoms with van der Waals surface area (Å²) in [4.78, 5) is 4.62. The third-order valence-corrected chi connectivity index (χ3v) is 5.98. The minimum absolute atomic E-state index is 0.443. The minimum Gasteiger partial charge on any atom is -0.494 e. The van der Waals surface area contributed by atoms with Crippen molar-refractivity contribution in [1.82, 2.24) is 14.6 Å². The Kier molecular flexibility index (Phi) is 7.67. The molecule has 0 saturated heterocycles. The molecule has 0 atom stereocenters. The highest BCUT2D eigenvalue weighted by Crippen LogP contribution is 2.39. The Balaban J connectivity index is 0.00000133. The van der Waals surface area contributed by atoms with Crippen molar-refractivity contribution in [2.24, 2.45) is 0 Å². The van der Waals surface area contributed by atoms with Crippen LogP contribution in [0.2, 0.25) is 0 Å². The van der Waals surface area contributed by atoms with Crippen LogP contribution in [0.15, 0.2) is 67.0 Å². The lowest BCUT2D eigenvalue weighted by Crippen LogP contribution is -2.24. The minimum atomic E-state index is 0.443. The van der Waals surface area contributed by atoms with E-state index in [2.05, 4.69) is 52.7 Å². The summed E-state index contributed by atoms with van der Waals surface area (Å²) in [6, 6.07) is 18.9. The van der Waals surface area contributed by atoms with E-state index in [9.17, 15) is 0 Å². The highest BCUT2D eigenvalue weighted by molar-refractivity contribution is 5.95. The van der Waals surface area contributed by atoms with Gasteiger partial charge in [-0.15, -0.1) is 17.9 Å². The molecule has 2 heterocycles. The molecule has 1 saturated carbocycles. The number of terminal acetylenes is 1. The van der Waals surface area contributed by atoms with Crippen LogP contribution in [-0.4, -0.2) is 27.2 Å². The molecule has 4 aromatic rings. The SMILES string of the molecule is C#C.CCOc1ccc(Nc2c(-c3ccccc3)c(NC3CCCCC3)nn3ccnc23)cc1. The first-order chi connectivity index (χ1) is 16.8. The number of hydrogen-bond acceptors (Lipinski definition) is 5. The molecule has 0 amide bonds. The Labute approximate surface area is 201 Å². The second-order valence-corrected chi connectivity index (χ2v) is 8.22. The zero-order valence-corrected chi connectivity index (χ0v) is 19.6. The molecule has 2 N–H and O–H groups in total. The molecule has 0 bridgehead atoms. The first-order valence-corrected chi connectivity index (χ1v) is 11.8. The molecule has 0 aliphatic heterocycles. The van der Waals surface area contributed by atoms with E-state index in [1.165, 1.54) is 32.1 Å². The van der Waals surface area contributed by atoms with E-state index in [-0.39, 0.29) is 0 Å². The zero-order valence-electron chi connectivity index (χ0n) is 19.6. The summed E-state index contributed by atoms with van der Waals surface area (Å²) in [5.74, 6) is 1.75. The summed E-state index contributed by atoms with van der Waals surface area (Å²) in [6.45, 7) is 2.64. The van der Waals surface area contributed by atoms with E-state index in [4.69, 9.17) is 9.84 Å². The lowest BCUT2D eigenvalue weighted by Gasteiger charge is -2.25. The number of imidazole rings is 1. The van der Waals surface area contributed by atoms with Gasteiger partial charge in [0.05, 0.1) is 17.9 Å². The van der Waals surface area contributed by atoms with Crippen LogP contribution >= 0.6 is 0 Å². The van der Waals surface area contributed by atoms with Crippen molar-refractivity contribution in [2.75, 3.05) is 17.2 Å². The first-order valence-electron chi connectivity index (χ1n) is 11.8. The van der Waals surface area contributed by atoms with Gasteiger partial charge >= 0.3 is 0 Å². The second-order valence-electron chi connectivity index (χ2n) is 8.22. The lowest BCUT2D eigenvalue weighted by molar-refractivity contribution is 0.340.